The van der Waals surface area contributed by atoms with Gasteiger partial charge in [0.2, 0.25) is 0 Å². The minimum atomic E-state index is 0.153. The minimum absolute atomic E-state index is 0.153. The number of hydrogen-bond acceptors (Lipinski definition) is 4. The van der Waals surface area contributed by atoms with Crippen molar-refractivity contribution in [3.8, 4) is 0 Å². The van der Waals surface area contributed by atoms with Gasteiger partial charge in [-0.3, -0.25) is 0 Å². The van der Waals surface area contributed by atoms with Crippen molar-refractivity contribution in [2.24, 2.45) is 0 Å². The SMILES string of the molecule is Nc1ncnc(NC2CCc3c(Cl)cccc32)c1Cl. The van der Waals surface area contributed by atoms with Gasteiger partial charge in [-0.1, -0.05) is 35.3 Å². The number of nitrogens with one attached hydrogen (secondary N) is 1. The van der Waals surface area contributed by atoms with E-state index in [1.807, 2.05) is 12.1 Å². The zero-order valence-corrected chi connectivity index (χ0v) is 11.5. The van der Waals surface area contributed by atoms with Gasteiger partial charge in [0.1, 0.15) is 17.2 Å². The van der Waals surface area contributed by atoms with E-state index < -0.39 is 0 Å². The zero-order valence-electron chi connectivity index (χ0n) is 10.0. The Bertz CT molecular complexity index is 630. The number of halogens is 2. The average Bonchev–Trinajstić information content (AvgIpc) is 2.80. The molecule has 0 saturated heterocycles. The molecule has 98 valence electrons. The van der Waals surface area contributed by atoms with Crippen molar-refractivity contribution in [3.05, 3.63) is 45.7 Å². The quantitative estimate of drug-likeness (QED) is 0.890. The standard InChI is InChI=1S/C13H12Cl2N4/c14-9-3-1-2-8-7(9)4-5-10(8)19-13-11(15)12(16)17-6-18-13/h1-3,6,10H,4-5H2,(H3,16,17,18,19). The van der Waals surface area contributed by atoms with E-state index in [-0.39, 0.29) is 11.9 Å². The van der Waals surface area contributed by atoms with E-state index in [0.717, 1.165) is 17.9 Å². The summed E-state index contributed by atoms with van der Waals surface area (Å²) in [5, 5.41) is 4.49. The number of aromatic nitrogens is 2. The number of benzene rings is 1. The molecule has 0 fully saturated rings. The van der Waals surface area contributed by atoms with E-state index in [4.69, 9.17) is 28.9 Å². The van der Waals surface area contributed by atoms with Gasteiger partial charge in [-0.25, -0.2) is 9.97 Å². The van der Waals surface area contributed by atoms with Crippen LogP contribution in [-0.2, 0) is 6.42 Å². The Hall–Kier alpha value is -1.52. The molecule has 2 aromatic rings. The van der Waals surface area contributed by atoms with Crippen LogP contribution in [0.15, 0.2) is 24.5 Å². The highest BCUT2D eigenvalue weighted by atomic mass is 35.5. The van der Waals surface area contributed by atoms with Gasteiger partial charge in [-0.05, 0) is 30.0 Å². The second-order valence-corrected chi connectivity index (χ2v) is 5.25. The molecule has 1 atom stereocenters. The van der Waals surface area contributed by atoms with E-state index in [1.54, 1.807) is 0 Å². The first kappa shape index (κ1) is 12.5. The largest absolute Gasteiger partial charge is 0.382 e. The van der Waals surface area contributed by atoms with Gasteiger partial charge in [0.25, 0.3) is 0 Å². The molecule has 19 heavy (non-hydrogen) atoms. The number of nitrogen functional groups attached to an aromatic ring is 1. The molecule has 0 saturated carbocycles. The third kappa shape index (κ3) is 2.22. The topological polar surface area (TPSA) is 63.8 Å². The number of rotatable bonds is 2. The molecule has 3 N–H and O–H groups in total. The van der Waals surface area contributed by atoms with E-state index in [0.29, 0.717) is 10.8 Å². The Morgan fingerprint density at radius 2 is 2.11 bits per heavy atom. The van der Waals surface area contributed by atoms with Gasteiger partial charge in [0.05, 0.1) is 6.04 Å². The first-order valence-corrected chi connectivity index (χ1v) is 6.72. The smallest absolute Gasteiger partial charge is 0.150 e. The molecule has 0 spiro atoms. The summed E-state index contributed by atoms with van der Waals surface area (Å²) in [5.74, 6) is 0.843. The van der Waals surface area contributed by atoms with Crippen LogP contribution in [0, 0.1) is 0 Å². The van der Waals surface area contributed by atoms with Crippen molar-refractivity contribution in [2.45, 2.75) is 18.9 Å². The van der Waals surface area contributed by atoms with Gasteiger partial charge in [-0.15, -0.1) is 0 Å². The second kappa shape index (κ2) is 4.87. The molecule has 1 unspecified atom stereocenters. The Labute approximate surface area is 121 Å². The Balaban J connectivity index is 1.91. The zero-order chi connectivity index (χ0) is 13.4. The van der Waals surface area contributed by atoms with Gasteiger partial charge in [0, 0.05) is 5.02 Å². The molecule has 4 nitrogen and oxygen atoms in total. The second-order valence-electron chi connectivity index (χ2n) is 4.46. The van der Waals surface area contributed by atoms with Crippen molar-refractivity contribution in [2.75, 3.05) is 11.1 Å². The maximum atomic E-state index is 6.19. The molecular weight excluding hydrogens is 283 g/mol. The molecule has 1 aromatic carbocycles. The molecule has 1 heterocycles. The fraction of sp³-hybridized carbons (Fsp3) is 0.231. The van der Waals surface area contributed by atoms with Crippen LogP contribution < -0.4 is 11.1 Å². The lowest BCUT2D eigenvalue weighted by atomic mass is 10.1. The maximum absolute atomic E-state index is 6.19. The molecule has 1 aliphatic rings. The number of fused-ring (bicyclic) bond motifs is 1. The highest BCUT2D eigenvalue weighted by Crippen LogP contribution is 2.38. The van der Waals surface area contributed by atoms with Crippen LogP contribution in [0.25, 0.3) is 0 Å². The highest BCUT2D eigenvalue weighted by molar-refractivity contribution is 6.35. The van der Waals surface area contributed by atoms with Crippen LogP contribution in [-0.4, -0.2) is 9.97 Å². The van der Waals surface area contributed by atoms with E-state index >= 15 is 0 Å². The fourth-order valence-electron chi connectivity index (χ4n) is 2.41. The molecular formula is C13H12Cl2N4. The van der Waals surface area contributed by atoms with E-state index in [2.05, 4.69) is 21.4 Å². The molecule has 0 radical (unpaired) electrons. The summed E-state index contributed by atoms with van der Waals surface area (Å²) in [6.07, 6.45) is 3.31. The van der Waals surface area contributed by atoms with Crippen LogP contribution >= 0.6 is 23.2 Å². The van der Waals surface area contributed by atoms with Crippen molar-refractivity contribution in [1.82, 2.24) is 9.97 Å². The van der Waals surface area contributed by atoms with Crippen molar-refractivity contribution in [3.63, 3.8) is 0 Å². The molecule has 1 aromatic heterocycles. The molecule has 0 amide bonds. The van der Waals surface area contributed by atoms with Crippen LogP contribution in [0.3, 0.4) is 0 Å². The summed E-state index contributed by atoms with van der Waals surface area (Å²) < 4.78 is 0. The van der Waals surface area contributed by atoms with Crippen LogP contribution in [0.1, 0.15) is 23.6 Å². The summed E-state index contributed by atoms with van der Waals surface area (Å²) in [6.45, 7) is 0. The average molecular weight is 295 g/mol. The van der Waals surface area contributed by atoms with Crippen LogP contribution in [0.5, 0.6) is 0 Å². The summed E-state index contributed by atoms with van der Waals surface area (Å²) in [7, 11) is 0. The summed E-state index contributed by atoms with van der Waals surface area (Å²) in [6, 6.07) is 6.10. The maximum Gasteiger partial charge on any atom is 0.150 e. The number of nitrogens with zero attached hydrogens (tertiary/aromatic N) is 2. The Kier molecular flexibility index (Phi) is 3.21. The lowest BCUT2D eigenvalue weighted by molar-refractivity contribution is 0.757. The molecule has 6 heteroatoms. The van der Waals surface area contributed by atoms with Gasteiger partial charge >= 0.3 is 0 Å². The third-order valence-corrected chi connectivity index (χ3v) is 4.07. The van der Waals surface area contributed by atoms with Gasteiger partial charge in [0.15, 0.2) is 5.82 Å². The minimum Gasteiger partial charge on any atom is -0.382 e. The summed E-state index contributed by atoms with van der Waals surface area (Å²) in [4.78, 5) is 7.98. The lowest BCUT2D eigenvalue weighted by Gasteiger charge is -2.16. The first-order valence-electron chi connectivity index (χ1n) is 5.96. The molecule has 3 rings (SSSR count). The first-order chi connectivity index (χ1) is 9.16. The third-order valence-electron chi connectivity index (χ3n) is 3.34. The lowest BCUT2D eigenvalue weighted by Crippen LogP contribution is -2.10. The molecule has 1 aliphatic carbocycles. The van der Waals surface area contributed by atoms with E-state index in [9.17, 15) is 0 Å². The predicted molar refractivity (Wildman–Crippen MR) is 77.6 cm³/mol. The number of nitrogens with two attached hydrogens (primary N) is 1. The fourth-order valence-corrected chi connectivity index (χ4v) is 2.84. The number of anilines is 2. The molecule has 0 bridgehead atoms. The Morgan fingerprint density at radius 3 is 2.95 bits per heavy atom. The Morgan fingerprint density at radius 1 is 1.26 bits per heavy atom. The van der Waals surface area contributed by atoms with Crippen molar-refractivity contribution < 1.29 is 0 Å². The van der Waals surface area contributed by atoms with Crippen molar-refractivity contribution >= 4 is 34.8 Å². The monoisotopic (exact) mass is 294 g/mol. The van der Waals surface area contributed by atoms with Gasteiger partial charge in [-0.2, -0.15) is 0 Å². The van der Waals surface area contributed by atoms with Crippen molar-refractivity contribution in [1.29, 1.82) is 0 Å². The summed E-state index contributed by atoms with van der Waals surface area (Å²) >= 11 is 12.3. The summed E-state index contributed by atoms with van der Waals surface area (Å²) in [5.41, 5.74) is 8.06. The van der Waals surface area contributed by atoms with Gasteiger partial charge < -0.3 is 11.1 Å². The van der Waals surface area contributed by atoms with Crippen LogP contribution in [0.2, 0.25) is 10.0 Å². The van der Waals surface area contributed by atoms with Crippen LogP contribution in [0.4, 0.5) is 11.6 Å². The molecule has 0 aliphatic heterocycles. The predicted octanol–water partition coefficient (Wildman–Crippen LogP) is 3.47. The number of hydrogen-bond donors (Lipinski definition) is 2. The normalized spacial score (nSPS) is 17.3. The highest BCUT2D eigenvalue weighted by Gasteiger charge is 2.25. The van der Waals surface area contributed by atoms with E-state index in [1.165, 1.54) is 17.5 Å².